The number of carbonyl (C=O) groups is 1. The van der Waals surface area contributed by atoms with Gasteiger partial charge in [-0.05, 0) is 42.2 Å². The van der Waals surface area contributed by atoms with E-state index in [9.17, 15) is 4.79 Å². The monoisotopic (exact) mass is 335 g/mol. The van der Waals surface area contributed by atoms with Gasteiger partial charge in [0.1, 0.15) is 5.75 Å². The van der Waals surface area contributed by atoms with Gasteiger partial charge in [-0.3, -0.25) is 4.79 Å². The minimum atomic E-state index is 0.0916. The minimum absolute atomic E-state index is 0.0916. The van der Waals surface area contributed by atoms with Crippen LogP contribution in [0.4, 0.5) is 0 Å². The van der Waals surface area contributed by atoms with E-state index in [-0.39, 0.29) is 5.91 Å². The van der Waals surface area contributed by atoms with E-state index in [1.807, 2.05) is 72.6 Å². The first-order valence-electron chi connectivity index (χ1n) is 8.87. The fraction of sp³-hybridized carbons (Fsp3) is 0.318. The van der Waals surface area contributed by atoms with Crippen LogP contribution in [0, 0.1) is 0 Å². The van der Waals surface area contributed by atoms with E-state index in [2.05, 4.69) is 0 Å². The Hall–Kier alpha value is -2.55. The highest BCUT2D eigenvalue weighted by Gasteiger charge is 2.26. The Labute approximate surface area is 149 Å². The summed E-state index contributed by atoms with van der Waals surface area (Å²) in [4.78, 5) is 15.1. The molecule has 2 aromatic rings. The molecule has 1 amide bonds. The number of ether oxygens (including phenoxy) is 1. The molecule has 1 fully saturated rings. The van der Waals surface area contributed by atoms with Crippen molar-refractivity contribution in [3.8, 4) is 5.75 Å². The Morgan fingerprint density at radius 3 is 2.28 bits per heavy atom. The Kier molecular flexibility index (Phi) is 5.54. The van der Waals surface area contributed by atoms with Crippen molar-refractivity contribution in [1.82, 2.24) is 4.90 Å². The summed E-state index contributed by atoms with van der Waals surface area (Å²) in [6, 6.07) is 18.1. The molecule has 25 heavy (non-hydrogen) atoms. The van der Waals surface area contributed by atoms with Crippen LogP contribution < -0.4 is 4.74 Å². The van der Waals surface area contributed by atoms with Crippen LogP contribution in [-0.4, -0.2) is 31.0 Å². The molecule has 0 N–H and O–H groups in total. The molecule has 0 aromatic heterocycles. The van der Waals surface area contributed by atoms with Crippen molar-refractivity contribution in [2.75, 3.05) is 14.2 Å². The van der Waals surface area contributed by atoms with E-state index in [4.69, 9.17) is 4.74 Å². The lowest BCUT2D eigenvalue weighted by molar-refractivity contribution is -0.125. The van der Waals surface area contributed by atoms with Crippen molar-refractivity contribution in [3.05, 3.63) is 65.7 Å². The van der Waals surface area contributed by atoms with Gasteiger partial charge in [0.25, 0.3) is 5.91 Å². The van der Waals surface area contributed by atoms with Gasteiger partial charge >= 0.3 is 0 Å². The third-order valence-corrected chi connectivity index (χ3v) is 4.93. The molecule has 1 aliphatic rings. The second-order valence-corrected chi connectivity index (χ2v) is 6.55. The number of methoxy groups -OCH3 is 1. The number of hydrogen-bond donors (Lipinski definition) is 0. The lowest BCUT2D eigenvalue weighted by Gasteiger charge is -2.25. The molecule has 0 atom stereocenters. The predicted octanol–water partition coefficient (Wildman–Crippen LogP) is 4.64. The van der Waals surface area contributed by atoms with E-state index in [1.54, 1.807) is 7.11 Å². The van der Waals surface area contributed by atoms with E-state index in [1.165, 1.54) is 12.8 Å². The van der Waals surface area contributed by atoms with Gasteiger partial charge < -0.3 is 9.64 Å². The third kappa shape index (κ3) is 4.11. The summed E-state index contributed by atoms with van der Waals surface area (Å²) in [5, 5.41) is 0. The van der Waals surface area contributed by atoms with Gasteiger partial charge in [0.15, 0.2) is 0 Å². The van der Waals surface area contributed by atoms with Gasteiger partial charge in [0, 0.05) is 18.7 Å². The van der Waals surface area contributed by atoms with Crippen molar-refractivity contribution in [2.45, 2.75) is 31.7 Å². The van der Waals surface area contributed by atoms with Gasteiger partial charge in [-0.25, -0.2) is 0 Å². The minimum Gasteiger partial charge on any atom is -0.497 e. The van der Waals surface area contributed by atoms with Crippen molar-refractivity contribution < 1.29 is 9.53 Å². The SMILES string of the molecule is COc1ccc(/C=C(/C(=O)N(C)C2CCCC2)c2ccccc2)cc1. The molecule has 1 aliphatic carbocycles. The summed E-state index contributed by atoms with van der Waals surface area (Å²) in [7, 11) is 3.59. The first-order valence-corrected chi connectivity index (χ1v) is 8.87. The maximum Gasteiger partial charge on any atom is 0.254 e. The second kappa shape index (κ2) is 8.02. The van der Waals surface area contributed by atoms with Gasteiger partial charge in [0.05, 0.1) is 7.11 Å². The summed E-state index contributed by atoms with van der Waals surface area (Å²) in [5.41, 5.74) is 2.68. The van der Waals surface area contributed by atoms with Crippen LogP contribution in [-0.2, 0) is 4.79 Å². The number of carbonyl (C=O) groups excluding carboxylic acids is 1. The van der Waals surface area contributed by atoms with Crippen molar-refractivity contribution in [1.29, 1.82) is 0 Å². The van der Waals surface area contributed by atoms with Gasteiger partial charge in [-0.15, -0.1) is 0 Å². The molecule has 130 valence electrons. The summed E-state index contributed by atoms with van der Waals surface area (Å²) in [6.07, 6.45) is 6.61. The molecule has 0 unspecified atom stereocenters. The zero-order chi connectivity index (χ0) is 17.6. The Bertz CT molecular complexity index is 728. The van der Waals surface area contributed by atoms with Gasteiger partial charge in [0.2, 0.25) is 0 Å². The number of amides is 1. The zero-order valence-electron chi connectivity index (χ0n) is 14.9. The number of benzene rings is 2. The molecular weight excluding hydrogens is 310 g/mol. The zero-order valence-corrected chi connectivity index (χ0v) is 14.9. The van der Waals surface area contributed by atoms with Crippen molar-refractivity contribution in [2.24, 2.45) is 0 Å². The number of likely N-dealkylation sites (N-methyl/N-ethyl adjacent to an activating group) is 1. The highest BCUT2D eigenvalue weighted by atomic mass is 16.5. The molecule has 2 aromatic carbocycles. The first-order chi connectivity index (χ1) is 12.2. The molecule has 3 nitrogen and oxygen atoms in total. The van der Waals surface area contributed by atoms with Crippen LogP contribution in [0.15, 0.2) is 54.6 Å². The van der Waals surface area contributed by atoms with Crippen LogP contribution >= 0.6 is 0 Å². The van der Waals surface area contributed by atoms with Crippen molar-refractivity contribution >= 4 is 17.6 Å². The fourth-order valence-electron chi connectivity index (χ4n) is 3.40. The molecule has 1 saturated carbocycles. The van der Waals surface area contributed by atoms with Gasteiger partial charge in [-0.1, -0.05) is 55.3 Å². The summed E-state index contributed by atoms with van der Waals surface area (Å²) < 4.78 is 5.22. The molecular formula is C22H25NO2. The molecule has 0 saturated heterocycles. The average molecular weight is 335 g/mol. The maximum absolute atomic E-state index is 13.2. The molecule has 0 aliphatic heterocycles. The number of rotatable bonds is 5. The Balaban J connectivity index is 1.94. The second-order valence-electron chi connectivity index (χ2n) is 6.55. The number of hydrogen-bond acceptors (Lipinski definition) is 2. The lowest BCUT2D eigenvalue weighted by Crippen LogP contribution is -2.35. The quantitative estimate of drug-likeness (QED) is 0.588. The average Bonchev–Trinajstić information content (AvgIpc) is 3.21. The fourth-order valence-corrected chi connectivity index (χ4v) is 3.40. The summed E-state index contributed by atoms with van der Waals surface area (Å²) in [5.74, 6) is 0.904. The number of nitrogens with zero attached hydrogens (tertiary/aromatic N) is 1. The Morgan fingerprint density at radius 1 is 1.04 bits per heavy atom. The molecule has 3 rings (SSSR count). The molecule has 3 heteroatoms. The molecule has 0 heterocycles. The van der Waals surface area contributed by atoms with E-state index in [0.717, 1.165) is 35.3 Å². The van der Waals surface area contributed by atoms with Crippen LogP contribution in [0.25, 0.3) is 11.6 Å². The maximum atomic E-state index is 13.2. The molecule has 0 spiro atoms. The smallest absolute Gasteiger partial charge is 0.254 e. The topological polar surface area (TPSA) is 29.5 Å². The van der Waals surface area contributed by atoms with E-state index >= 15 is 0 Å². The van der Waals surface area contributed by atoms with Crippen LogP contribution in [0.5, 0.6) is 5.75 Å². The summed E-state index contributed by atoms with van der Waals surface area (Å²) >= 11 is 0. The van der Waals surface area contributed by atoms with Crippen LogP contribution in [0.3, 0.4) is 0 Å². The highest BCUT2D eigenvalue weighted by molar-refractivity contribution is 6.24. The molecule has 0 radical (unpaired) electrons. The third-order valence-electron chi connectivity index (χ3n) is 4.93. The normalized spacial score (nSPS) is 15.2. The van der Waals surface area contributed by atoms with E-state index in [0.29, 0.717) is 6.04 Å². The van der Waals surface area contributed by atoms with Crippen LogP contribution in [0.1, 0.15) is 36.8 Å². The predicted molar refractivity (Wildman–Crippen MR) is 102 cm³/mol. The van der Waals surface area contributed by atoms with Gasteiger partial charge in [-0.2, -0.15) is 0 Å². The largest absolute Gasteiger partial charge is 0.497 e. The van der Waals surface area contributed by atoms with Crippen LogP contribution in [0.2, 0.25) is 0 Å². The highest BCUT2D eigenvalue weighted by Crippen LogP contribution is 2.27. The van der Waals surface area contributed by atoms with Crippen molar-refractivity contribution in [3.63, 3.8) is 0 Å². The van der Waals surface area contributed by atoms with E-state index < -0.39 is 0 Å². The Morgan fingerprint density at radius 2 is 1.68 bits per heavy atom. The standard InChI is InChI=1S/C22H25NO2/c1-23(19-10-6-7-11-19)22(24)21(18-8-4-3-5-9-18)16-17-12-14-20(25-2)15-13-17/h3-5,8-9,12-16,19H,6-7,10-11H2,1-2H3/b21-16+. The lowest BCUT2D eigenvalue weighted by atomic mass is 10.0. The molecule has 0 bridgehead atoms. The summed E-state index contributed by atoms with van der Waals surface area (Å²) in [6.45, 7) is 0. The first kappa shape index (κ1) is 17.3.